The van der Waals surface area contributed by atoms with Crippen molar-refractivity contribution in [2.75, 3.05) is 26.7 Å². The van der Waals surface area contributed by atoms with Crippen molar-refractivity contribution in [2.45, 2.75) is 31.7 Å². The van der Waals surface area contributed by atoms with Gasteiger partial charge in [0.2, 0.25) is 0 Å². The molecule has 108 valence electrons. The molecule has 0 spiro atoms. The topological polar surface area (TPSA) is 39.1 Å². The highest BCUT2D eigenvalue weighted by Gasteiger charge is 2.34. The molecule has 1 aliphatic rings. The van der Waals surface area contributed by atoms with Gasteiger partial charge in [0.15, 0.2) is 0 Å². The second kappa shape index (κ2) is 6.88. The molecule has 0 aliphatic heterocycles. The fraction of sp³-hybridized carbons (Fsp3) is 0.588. The first-order chi connectivity index (χ1) is 9.70. The predicted molar refractivity (Wildman–Crippen MR) is 82.2 cm³/mol. The lowest BCUT2D eigenvalue weighted by molar-refractivity contribution is 0.242. The van der Waals surface area contributed by atoms with Crippen LogP contribution in [0, 0.1) is 17.2 Å². The highest BCUT2D eigenvalue weighted by molar-refractivity contribution is 5.32. The van der Waals surface area contributed by atoms with Gasteiger partial charge in [-0.15, -0.1) is 0 Å². The van der Waals surface area contributed by atoms with E-state index in [4.69, 9.17) is 0 Å². The molecule has 1 aromatic carbocycles. The zero-order chi connectivity index (χ0) is 14.4. The normalized spacial score (nSPS) is 17.7. The third-order valence-electron chi connectivity index (χ3n) is 3.91. The second-order valence-corrected chi connectivity index (χ2v) is 5.95. The lowest BCUT2D eigenvalue weighted by atomic mass is 9.90. The number of hydrogen-bond acceptors (Lipinski definition) is 3. The lowest BCUT2D eigenvalue weighted by Gasteiger charge is -2.33. The molecular weight excluding hydrogens is 246 g/mol. The number of nitrogens with zero attached hydrogens (tertiary/aromatic N) is 2. The summed E-state index contributed by atoms with van der Waals surface area (Å²) in [6, 6.07) is 12.7. The minimum absolute atomic E-state index is 0.596. The largest absolute Gasteiger partial charge is 0.303 e. The van der Waals surface area contributed by atoms with Gasteiger partial charge in [0.1, 0.15) is 5.54 Å². The van der Waals surface area contributed by atoms with E-state index >= 15 is 0 Å². The Bertz CT molecular complexity index is 447. The second-order valence-electron chi connectivity index (χ2n) is 5.95. The Morgan fingerprint density at radius 2 is 2.05 bits per heavy atom. The zero-order valence-corrected chi connectivity index (χ0v) is 12.6. The molecular formula is C17H25N3. The molecule has 3 heteroatoms. The van der Waals surface area contributed by atoms with Crippen molar-refractivity contribution in [2.24, 2.45) is 5.92 Å². The summed E-state index contributed by atoms with van der Waals surface area (Å²) in [4.78, 5) is 2.30. The van der Waals surface area contributed by atoms with E-state index < -0.39 is 5.54 Å². The average Bonchev–Trinajstić information content (AvgIpc) is 3.28. The van der Waals surface area contributed by atoms with Crippen LogP contribution in [0.4, 0.5) is 0 Å². The van der Waals surface area contributed by atoms with E-state index in [-0.39, 0.29) is 0 Å². The van der Waals surface area contributed by atoms with E-state index in [2.05, 4.69) is 42.4 Å². The molecule has 3 nitrogen and oxygen atoms in total. The summed E-state index contributed by atoms with van der Waals surface area (Å²) in [7, 11) is 2.13. The number of hydrogen-bond donors (Lipinski definition) is 1. The lowest BCUT2D eigenvalue weighted by Crippen LogP contribution is -2.50. The van der Waals surface area contributed by atoms with Gasteiger partial charge in [0.25, 0.3) is 0 Å². The number of nitriles is 1. The summed E-state index contributed by atoms with van der Waals surface area (Å²) < 4.78 is 0. The van der Waals surface area contributed by atoms with Crippen molar-refractivity contribution in [3.63, 3.8) is 0 Å². The molecule has 1 aromatic rings. The van der Waals surface area contributed by atoms with Crippen molar-refractivity contribution < 1.29 is 0 Å². The third kappa shape index (κ3) is 3.82. The molecule has 1 unspecified atom stereocenters. The molecule has 0 bridgehead atoms. The molecule has 0 aromatic heterocycles. The quantitative estimate of drug-likeness (QED) is 0.790. The first kappa shape index (κ1) is 15.0. The van der Waals surface area contributed by atoms with E-state index in [0.717, 1.165) is 37.5 Å². The molecule has 0 amide bonds. The first-order valence-corrected chi connectivity index (χ1v) is 7.60. The van der Waals surface area contributed by atoms with Gasteiger partial charge in [-0.25, -0.2) is 0 Å². The van der Waals surface area contributed by atoms with E-state index in [1.807, 2.05) is 18.2 Å². The predicted octanol–water partition coefficient (Wildman–Crippen LogP) is 2.75. The van der Waals surface area contributed by atoms with Crippen LogP contribution in [0.3, 0.4) is 0 Å². The Morgan fingerprint density at radius 3 is 2.60 bits per heavy atom. The summed E-state index contributed by atoms with van der Waals surface area (Å²) in [5.41, 5.74) is 0.472. The van der Waals surface area contributed by atoms with Crippen molar-refractivity contribution in [3.8, 4) is 6.07 Å². The van der Waals surface area contributed by atoms with E-state index in [9.17, 15) is 5.26 Å². The minimum atomic E-state index is -0.596. The smallest absolute Gasteiger partial charge is 0.145 e. The fourth-order valence-electron chi connectivity index (χ4n) is 2.66. The summed E-state index contributed by atoms with van der Waals surface area (Å²) in [6.07, 6.45) is 3.72. The molecule has 1 fully saturated rings. The Kier molecular flexibility index (Phi) is 5.17. The Balaban J connectivity index is 2.15. The highest BCUT2D eigenvalue weighted by atomic mass is 15.2. The maximum absolute atomic E-state index is 9.82. The van der Waals surface area contributed by atoms with Crippen LogP contribution < -0.4 is 5.32 Å². The molecule has 1 atom stereocenters. The van der Waals surface area contributed by atoms with Gasteiger partial charge in [-0.05, 0) is 44.3 Å². The molecule has 0 heterocycles. The van der Waals surface area contributed by atoms with Crippen molar-refractivity contribution in [1.82, 2.24) is 10.2 Å². The van der Waals surface area contributed by atoms with Crippen LogP contribution in [0.5, 0.6) is 0 Å². The Labute approximate surface area is 122 Å². The Morgan fingerprint density at radius 1 is 1.35 bits per heavy atom. The van der Waals surface area contributed by atoms with Crippen LogP contribution in [0.25, 0.3) is 0 Å². The first-order valence-electron chi connectivity index (χ1n) is 7.60. The van der Waals surface area contributed by atoms with Crippen LogP contribution in [0.1, 0.15) is 31.7 Å². The zero-order valence-electron chi connectivity index (χ0n) is 12.6. The molecule has 1 saturated carbocycles. The minimum Gasteiger partial charge on any atom is -0.303 e. The van der Waals surface area contributed by atoms with E-state index in [1.54, 1.807) is 0 Å². The van der Waals surface area contributed by atoms with E-state index in [1.165, 1.54) is 12.8 Å². The molecule has 1 aliphatic carbocycles. The SMILES string of the molecule is CCCNC(C#N)(CN(C)CC1CC1)c1ccccc1. The molecule has 1 N–H and O–H groups in total. The Hall–Kier alpha value is -1.37. The van der Waals surface area contributed by atoms with Crippen molar-refractivity contribution in [3.05, 3.63) is 35.9 Å². The van der Waals surface area contributed by atoms with Gasteiger partial charge < -0.3 is 4.90 Å². The van der Waals surface area contributed by atoms with Crippen LogP contribution in [-0.4, -0.2) is 31.6 Å². The number of benzene rings is 1. The standard InChI is InChI=1S/C17H25N3/c1-3-11-19-17(13-18,16-7-5-4-6-8-16)14-20(2)12-15-9-10-15/h4-8,15,19H,3,9-12,14H2,1-2H3. The van der Waals surface area contributed by atoms with Gasteiger partial charge in [-0.2, -0.15) is 5.26 Å². The average molecular weight is 271 g/mol. The van der Waals surface area contributed by atoms with Gasteiger partial charge in [0, 0.05) is 13.1 Å². The maximum atomic E-state index is 9.82. The number of likely N-dealkylation sites (N-methyl/N-ethyl adjacent to an activating group) is 1. The van der Waals surface area contributed by atoms with Crippen molar-refractivity contribution >= 4 is 0 Å². The van der Waals surface area contributed by atoms with Crippen LogP contribution in [0.2, 0.25) is 0 Å². The molecule has 2 rings (SSSR count). The molecule has 0 saturated heterocycles. The fourth-order valence-corrected chi connectivity index (χ4v) is 2.66. The summed E-state index contributed by atoms with van der Waals surface area (Å²) in [6.45, 7) is 4.84. The summed E-state index contributed by atoms with van der Waals surface area (Å²) in [5, 5.41) is 13.3. The summed E-state index contributed by atoms with van der Waals surface area (Å²) in [5.74, 6) is 0.846. The summed E-state index contributed by atoms with van der Waals surface area (Å²) >= 11 is 0. The van der Waals surface area contributed by atoms with Crippen molar-refractivity contribution in [1.29, 1.82) is 5.26 Å². The van der Waals surface area contributed by atoms with E-state index in [0.29, 0.717) is 0 Å². The maximum Gasteiger partial charge on any atom is 0.145 e. The van der Waals surface area contributed by atoms with Gasteiger partial charge in [-0.3, -0.25) is 5.32 Å². The molecule has 20 heavy (non-hydrogen) atoms. The van der Waals surface area contributed by atoms with Crippen LogP contribution in [-0.2, 0) is 5.54 Å². The number of rotatable bonds is 8. The highest BCUT2D eigenvalue weighted by Crippen LogP contribution is 2.30. The monoisotopic (exact) mass is 271 g/mol. The van der Waals surface area contributed by atoms with Crippen LogP contribution >= 0.6 is 0 Å². The third-order valence-corrected chi connectivity index (χ3v) is 3.91. The van der Waals surface area contributed by atoms with Gasteiger partial charge in [-0.1, -0.05) is 37.3 Å². The number of nitrogens with one attached hydrogen (secondary N) is 1. The van der Waals surface area contributed by atoms with Crippen LogP contribution in [0.15, 0.2) is 30.3 Å². The van der Waals surface area contributed by atoms with Gasteiger partial charge in [0.05, 0.1) is 6.07 Å². The molecule has 0 radical (unpaired) electrons. The van der Waals surface area contributed by atoms with Gasteiger partial charge >= 0.3 is 0 Å².